The molecule has 0 amide bonds. The molecule has 0 spiro atoms. The molecule has 1 aliphatic carbocycles. The Bertz CT molecular complexity index is 188. The summed E-state index contributed by atoms with van der Waals surface area (Å²) < 4.78 is 5.30. The van der Waals surface area contributed by atoms with Crippen LogP contribution in [0.3, 0.4) is 0 Å². The Hall–Kier alpha value is -0.530. The highest BCUT2D eigenvalue weighted by molar-refractivity contribution is 5.70. The van der Waals surface area contributed by atoms with Crippen molar-refractivity contribution in [2.75, 3.05) is 0 Å². The number of carbonyl (C=O) groups excluding carboxylic acids is 1. The first-order valence-corrected chi connectivity index (χ1v) is 4.95. The predicted molar refractivity (Wildman–Crippen MR) is 45.6 cm³/mol. The van der Waals surface area contributed by atoms with Crippen molar-refractivity contribution in [1.82, 2.24) is 0 Å². The summed E-state index contributed by atoms with van der Waals surface area (Å²) in [5.74, 6) is 1.53. The van der Waals surface area contributed by atoms with E-state index in [9.17, 15) is 4.79 Å². The van der Waals surface area contributed by atoms with Crippen molar-refractivity contribution in [2.45, 2.75) is 45.1 Å². The third-order valence-electron chi connectivity index (χ3n) is 3.18. The average Bonchev–Trinajstić information content (AvgIpc) is 2.05. The van der Waals surface area contributed by atoms with Crippen LogP contribution in [0.25, 0.3) is 0 Å². The van der Waals surface area contributed by atoms with E-state index >= 15 is 0 Å². The van der Waals surface area contributed by atoms with Crippen LogP contribution in [0.1, 0.15) is 39.0 Å². The van der Waals surface area contributed by atoms with Crippen LogP contribution in [0.5, 0.6) is 0 Å². The maximum Gasteiger partial charge on any atom is 0.306 e. The lowest BCUT2D eigenvalue weighted by molar-refractivity contribution is -0.161. The molecule has 1 saturated carbocycles. The average molecular weight is 168 g/mol. The van der Waals surface area contributed by atoms with Crippen LogP contribution in [-0.4, -0.2) is 12.1 Å². The minimum Gasteiger partial charge on any atom is -0.462 e. The molecule has 0 radical (unpaired) electrons. The van der Waals surface area contributed by atoms with Crippen molar-refractivity contribution >= 4 is 5.97 Å². The fourth-order valence-electron chi connectivity index (χ4n) is 2.46. The van der Waals surface area contributed by atoms with Gasteiger partial charge in [-0.15, -0.1) is 0 Å². The van der Waals surface area contributed by atoms with Gasteiger partial charge in [-0.2, -0.15) is 0 Å². The van der Waals surface area contributed by atoms with E-state index < -0.39 is 0 Å². The molecule has 12 heavy (non-hydrogen) atoms. The molecule has 2 nitrogen and oxygen atoms in total. The zero-order valence-electron chi connectivity index (χ0n) is 7.58. The summed E-state index contributed by atoms with van der Waals surface area (Å²) in [5.41, 5.74) is 0. The lowest BCUT2D eigenvalue weighted by atomic mass is 9.77. The molecule has 0 unspecified atom stereocenters. The van der Waals surface area contributed by atoms with Crippen LogP contribution in [-0.2, 0) is 9.53 Å². The molecule has 0 N–H and O–H groups in total. The van der Waals surface area contributed by atoms with Crippen molar-refractivity contribution in [3.8, 4) is 0 Å². The number of ether oxygens (including phenoxy) is 1. The molecule has 2 heteroatoms. The fourth-order valence-corrected chi connectivity index (χ4v) is 2.46. The van der Waals surface area contributed by atoms with Crippen LogP contribution in [0.15, 0.2) is 0 Å². The monoisotopic (exact) mass is 168 g/mol. The van der Waals surface area contributed by atoms with E-state index in [1.807, 2.05) is 0 Å². The predicted octanol–water partition coefficient (Wildman–Crippen LogP) is 2.13. The van der Waals surface area contributed by atoms with Gasteiger partial charge in [0, 0.05) is 6.42 Å². The molecular weight excluding hydrogens is 152 g/mol. The summed E-state index contributed by atoms with van der Waals surface area (Å²) in [5, 5.41) is 0. The number of hydrogen-bond donors (Lipinski definition) is 0. The van der Waals surface area contributed by atoms with Crippen LogP contribution < -0.4 is 0 Å². The molecule has 2 fully saturated rings. The highest BCUT2D eigenvalue weighted by Crippen LogP contribution is 2.36. The normalized spacial score (nSPS) is 41.8. The van der Waals surface area contributed by atoms with Crippen LogP contribution in [0.4, 0.5) is 0 Å². The molecule has 1 heterocycles. The first-order chi connectivity index (χ1) is 5.75. The van der Waals surface area contributed by atoms with E-state index in [4.69, 9.17) is 4.74 Å². The molecule has 3 atom stereocenters. The molecule has 1 saturated heterocycles. The van der Waals surface area contributed by atoms with Gasteiger partial charge in [0.1, 0.15) is 6.10 Å². The summed E-state index contributed by atoms with van der Waals surface area (Å²) >= 11 is 0. The first-order valence-electron chi connectivity index (χ1n) is 4.95. The number of hydrogen-bond acceptors (Lipinski definition) is 2. The van der Waals surface area contributed by atoms with Gasteiger partial charge in [0.2, 0.25) is 0 Å². The first kappa shape index (κ1) is 8.09. The number of esters is 1. The maximum absolute atomic E-state index is 11.0. The van der Waals surface area contributed by atoms with Crippen molar-refractivity contribution in [1.29, 1.82) is 0 Å². The lowest BCUT2D eigenvalue weighted by Crippen LogP contribution is -2.36. The molecule has 0 aromatic carbocycles. The van der Waals surface area contributed by atoms with E-state index in [1.165, 1.54) is 12.8 Å². The van der Waals surface area contributed by atoms with Gasteiger partial charge in [-0.05, 0) is 37.5 Å². The second kappa shape index (κ2) is 3.08. The van der Waals surface area contributed by atoms with Crippen molar-refractivity contribution < 1.29 is 9.53 Å². The molecule has 2 aliphatic rings. The van der Waals surface area contributed by atoms with Gasteiger partial charge >= 0.3 is 5.97 Å². The highest BCUT2D eigenvalue weighted by Gasteiger charge is 2.34. The largest absolute Gasteiger partial charge is 0.462 e. The van der Waals surface area contributed by atoms with Crippen LogP contribution >= 0.6 is 0 Å². The standard InChI is InChI=1S/C10H16O2/c1-7-2-4-9-8(6-7)3-5-10(11)12-9/h7-9H,2-6H2,1H3/t7-,8-,9+/m1/s1. The van der Waals surface area contributed by atoms with Gasteiger partial charge in [0.25, 0.3) is 0 Å². The van der Waals surface area contributed by atoms with Crippen molar-refractivity contribution in [3.05, 3.63) is 0 Å². The summed E-state index contributed by atoms with van der Waals surface area (Å²) in [6.07, 6.45) is 5.56. The number of rotatable bonds is 0. The Morgan fingerprint density at radius 1 is 1.33 bits per heavy atom. The van der Waals surface area contributed by atoms with Gasteiger partial charge in [-0.3, -0.25) is 4.79 Å². The second-order valence-electron chi connectivity index (χ2n) is 4.25. The van der Waals surface area contributed by atoms with Gasteiger partial charge in [0.05, 0.1) is 0 Å². The van der Waals surface area contributed by atoms with Crippen molar-refractivity contribution in [3.63, 3.8) is 0 Å². The second-order valence-corrected chi connectivity index (χ2v) is 4.25. The van der Waals surface area contributed by atoms with Gasteiger partial charge in [-0.1, -0.05) is 6.92 Å². The summed E-state index contributed by atoms with van der Waals surface area (Å²) in [6, 6.07) is 0. The smallest absolute Gasteiger partial charge is 0.306 e. The minimum atomic E-state index is 0.0193. The summed E-state index contributed by atoms with van der Waals surface area (Å²) in [6.45, 7) is 2.30. The van der Waals surface area contributed by atoms with E-state index in [2.05, 4.69) is 6.92 Å². The van der Waals surface area contributed by atoms with Crippen LogP contribution in [0, 0.1) is 11.8 Å². The molecule has 0 aromatic rings. The quantitative estimate of drug-likeness (QED) is 0.518. The molecular formula is C10H16O2. The van der Waals surface area contributed by atoms with Crippen molar-refractivity contribution in [2.24, 2.45) is 11.8 Å². The Labute approximate surface area is 73.3 Å². The summed E-state index contributed by atoms with van der Waals surface area (Å²) in [7, 11) is 0. The molecule has 68 valence electrons. The molecule has 1 aliphatic heterocycles. The topological polar surface area (TPSA) is 26.3 Å². The summed E-state index contributed by atoms with van der Waals surface area (Å²) in [4.78, 5) is 11.0. The fraction of sp³-hybridized carbons (Fsp3) is 0.900. The zero-order chi connectivity index (χ0) is 8.55. The van der Waals surface area contributed by atoms with E-state index in [-0.39, 0.29) is 12.1 Å². The SMILES string of the molecule is C[C@@H]1CC[C@@H]2OC(=O)CC[C@@H]2C1. The lowest BCUT2D eigenvalue weighted by Gasteiger charge is -2.37. The Morgan fingerprint density at radius 3 is 3.00 bits per heavy atom. The molecule has 0 bridgehead atoms. The Morgan fingerprint density at radius 2 is 2.17 bits per heavy atom. The van der Waals surface area contributed by atoms with Gasteiger partial charge in [0.15, 0.2) is 0 Å². The highest BCUT2D eigenvalue weighted by atomic mass is 16.5. The van der Waals surface area contributed by atoms with E-state index in [0.717, 1.165) is 18.8 Å². The zero-order valence-corrected chi connectivity index (χ0v) is 7.58. The molecule has 0 aromatic heterocycles. The van der Waals surface area contributed by atoms with E-state index in [0.29, 0.717) is 12.3 Å². The van der Waals surface area contributed by atoms with Crippen LogP contribution in [0.2, 0.25) is 0 Å². The number of fused-ring (bicyclic) bond motifs is 1. The number of carbonyl (C=O) groups is 1. The molecule has 2 rings (SSSR count). The maximum atomic E-state index is 11.0. The Kier molecular flexibility index (Phi) is 2.07. The third-order valence-corrected chi connectivity index (χ3v) is 3.18. The Balaban J connectivity index is 1.98. The van der Waals surface area contributed by atoms with E-state index in [1.54, 1.807) is 0 Å². The van der Waals surface area contributed by atoms with Gasteiger partial charge < -0.3 is 4.74 Å². The minimum absolute atomic E-state index is 0.0193. The third kappa shape index (κ3) is 1.47. The van der Waals surface area contributed by atoms with Gasteiger partial charge in [-0.25, -0.2) is 0 Å².